The summed E-state index contributed by atoms with van der Waals surface area (Å²) in [6.07, 6.45) is 6.10. The normalized spacial score (nSPS) is 24.5. The molecule has 0 N–H and O–H groups in total. The van der Waals surface area contributed by atoms with Crippen molar-refractivity contribution < 1.29 is 9.47 Å². The molecule has 22 heavy (non-hydrogen) atoms. The smallest absolute Gasteiger partial charge is 0.213 e. The van der Waals surface area contributed by atoms with E-state index in [2.05, 4.69) is 27.0 Å². The molecule has 4 nitrogen and oxygen atoms in total. The zero-order valence-corrected chi connectivity index (χ0v) is 14.5. The maximum Gasteiger partial charge on any atom is 0.213 e. The summed E-state index contributed by atoms with van der Waals surface area (Å²) in [5, 5.41) is 0. The minimum Gasteiger partial charge on any atom is -0.480 e. The monoisotopic (exact) mass is 306 g/mol. The van der Waals surface area contributed by atoms with E-state index in [4.69, 9.17) is 19.5 Å². The van der Waals surface area contributed by atoms with Crippen LogP contribution in [0.25, 0.3) is 0 Å². The van der Waals surface area contributed by atoms with E-state index in [1.165, 1.54) is 0 Å². The van der Waals surface area contributed by atoms with Gasteiger partial charge in [0.1, 0.15) is 11.6 Å². The summed E-state index contributed by atoms with van der Waals surface area (Å²) in [5.41, 5.74) is -0.512. The molecule has 4 heteroatoms. The highest BCUT2D eigenvalue weighted by Crippen LogP contribution is 2.32. The summed E-state index contributed by atoms with van der Waals surface area (Å²) in [4.78, 5) is 9.81. The molecular weight excluding hydrogens is 276 g/mol. The molecule has 0 aliphatic carbocycles. The molecule has 1 aliphatic heterocycles. The van der Waals surface area contributed by atoms with Crippen molar-refractivity contribution in [1.29, 1.82) is 0 Å². The third-order valence-corrected chi connectivity index (χ3v) is 3.68. The number of nitrogens with zero attached hydrogens (tertiary/aromatic N) is 2. The van der Waals surface area contributed by atoms with Gasteiger partial charge in [-0.15, -0.1) is 13.2 Å². The molecule has 0 saturated carbocycles. The van der Waals surface area contributed by atoms with Gasteiger partial charge in [0, 0.05) is 0 Å². The first-order chi connectivity index (χ1) is 10.5. The Kier molecular flexibility index (Phi) is 7.36. The topological polar surface area (TPSA) is 43.2 Å². The zero-order chi connectivity index (χ0) is 16.6. The number of rotatable bonds is 8. The van der Waals surface area contributed by atoms with Crippen LogP contribution >= 0.6 is 0 Å². The molecule has 0 aromatic rings. The minimum absolute atomic E-state index is 0.0804. The van der Waals surface area contributed by atoms with Crippen LogP contribution in [0.3, 0.4) is 0 Å². The predicted octanol–water partition coefficient (Wildman–Crippen LogP) is 4.18. The highest BCUT2D eigenvalue weighted by Gasteiger charge is 2.42. The summed E-state index contributed by atoms with van der Waals surface area (Å²) < 4.78 is 11.7. The highest BCUT2D eigenvalue weighted by atomic mass is 16.5. The lowest BCUT2D eigenvalue weighted by Gasteiger charge is -2.36. The molecule has 0 bridgehead atoms. The fraction of sp³-hybridized carbons (Fsp3) is 0.667. The van der Waals surface area contributed by atoms with E-state index in [0.29, 0.717) is 37.3 Å². The van der Waals surface area contributed by atoms with Crippen LogP contribution in [0.15, 0.2) is 35.3 Å². The molecule has 0 spiro atoms. The molecule has 124 valence electrons. The summed E-state index contributed by atoms with van der Waals surface area (Å²) in [5.74, 6) is 1.73. The maximum absolute atomic E-state index is 5.86. The van der Waals surface area contributed by atoms with Gasteiger partial charge in [-0.05, 0) is 39.0 Å². The summed E-state index contributed by atoms with van der Waals surface area (Å²) in [7, 11) is 0. The lowest BCUT2D eigenvalue weighted by Crippen LogP contribution is -2.47. The van der Waals surface area contributed by atoms with Crippen LogP contribution in [-0.2, 0) is 9.47 Å². The summed E-state index contributed by atoms with van der Waals surface area (Å²) >= 11 is 0. The largest absolute Gasteiger partial charge is 0.480 e. The van der Waals surface area contributed by atoms with Crippen LogP contribution in [-0.4, -0.2) is 36.6 Å². The Balaban J connectivity index is 3.29. The molecule has 0 radical (unpaired) electrons. The number of allylic oxidation sites excluding steroid dienone is 1. The summed E-state index contributed by atoms with van der Waals surface area (Å²) in [6, 6.07) is -0.0804. The van der Waals surface area contributed by atoms with Gasteiger partial charge < -0.3 is 9.47 Å². The number of hydrogen-bond acceptors (Lipinski definition) is 4. The van der Waals surface area contributed by atoms with Crippen molar-refractivity contribution in [2.24, 2.45) is 15.9 Å². The van der Waals surface area contributed by atoms with Crippen molar-refractivity contribution in [2.75, 3.05) is 13.2 Å². The van der Waals surface area contributed by atoms with Crippen molar-refractivity contribution in [3.63, 3.8) is 0 Å². The first-order valence-electron chi connectivity index (χ1n) is 8.20. The van der Waals surface area contributed by atoms with Gasteiger partial charge in [-0.25, -0.2) is 9.98 Å². The average molecular weight is 306 g/mol. The van der Waals surface area contributed by atoms with Gasteiger partial charge in [0.05, 0.1) is 13.2 Å². The van der Waals surface area contributed by atoms with Crippen LogP contribution in [0.2, 0.25) is 0 Å². The molecule has 0 aromatic carbocycles. The standard InChI is InChI=1S/C18H30N2O2/c1-7-11-13-18(12-8-2)17(22-10-4)19-15(14(5)6)16(20-18)21-9-3/h7-8,14-15H,1-2,9-13H2,3-6H3/t15-,18-/m1/s1. The van der Waals surface area contributed by atoms with Crippen LogP contribution in [0.5, 0.6) is 0 Å². The molecule has 2 atom stereocenters. The van der Waals surface area contributed by atoms with Crippen LogP contribution in [0, 0.1) is 5.92 Å². The number of hydrogen-bond donors (Lipinski definition) is 0. The second-order valence-corrected chi connectivity index (χ2v) is 5.79. The Morgan fingerprint density at radius 2 is 1.86 bits per heavy atom. The minimum atomic E-state index is -0.512. The lowest BCUT2D eigenvalue weighted by atomic mass is 9.87. The molecule has 0 fully saturated rings. The number of aliphatic imine (C=N–C) groups is 2. The van der Waals surface area contributed by atoms with E-state index in [1.54, 1.807) is 0 Å². The Hall–Kier alpha value is -1.58. The van der Waals surface area contributed by atoms with Gasteiger partial charge in [0.15, 0.2) is 0 Å². The van der Waals surface area contributed by atoms with E-state index in [-0.39, 0.29) is 6.04 Å². The van der Waals surface area contributed by atoms with Gasteiger partial charge in [-0.1, -0.05) is 26.0 Å². The molecular formula is C18H30N2O2. The molecule has 1 heterocycles. The fourth-order valence-corrected chi connectivity index (χ4v) is 2.61. The number of ether oxygens (including phenoxy) is 2. The Bertz CT molecular complexity index is 440. The summed E-state index contributed by atoms with van der Waals surface area (Å²) in [6.45, 7) is 17.1. The first-order valence-corrected chi connectivity index (χ1v) is 8.20. The van der Waals surface area contributed by atoms with E-state index >= 15 is 0 Å². The van der Waals surface area contributed by atoms with Gasteiger partial charge in [-0.2, -0.15) is 0 Å². The van der Waals surface area contributed by atoms with E-state index in [1.807, 2.05) is 26.0 Å². The van der Waals surface area contributed by atoms with Crippen molar-refractivity contribution in [2.45, 2.75) is 58.5 Å². The second-order valence-electron chi connectivity index (χ2n) is 5.79. The van der Waals surface area contributed by atoms with E-state index < -0.39 is 5.54 Å². The van der Waals surface area contributed by atoms with Crippen molar-refractivity contribution in [1.82, 2.24) is 0 Å². The highest BCUT2D eigenvalue weighted by molar-refractivity contribution is 5.97. The Morgan fingerprint density at radius 3 is 2.36 bits per heavy atom. The molecule has 0 unspecified atom stereocenters. The van der Waals surface area contributed by atoms with Crippen LogP contribution in [0.4, 0.5) is 0 Å². The van der Waals surface area contributed by atoms with Crippen LogP contribution in [0.1, 0.15) is 47.0 Å². The molecule has 0 saturated heterocycles. The van der Waals surface area contributed by atoms with Crippen molar-refractivity contribution in [3.8, 4) is 0 Å². The van der Waals surface area contributed by atoms with Crippen LogP contribution < -0.4 is 0 Å². The van der Waals surface area contributed by atoms with E-state index in [0.717, 1.165) is 12.8 Å². The Labute approximate surface area is 135 Å². The first kappa shape index (κ1) is 18.5. The van der Waals surface area contributed by atoms with Gasteiger partial charge >= 0.3 is 0 Å². The predicted molar refractivity (Wildman–Crippen MR) is 93.7 cm³/mol. The molecule has 0 amide bonds. The second kappa shape index (κ2) is 8.76. The van der Waals surface area contributed by atoms with Crippen molar-refractivity contribution in [3.05, 3.63) is 25.3 Å². The van der Waals surface area contributed by atoms with Crippen molar-refractivity contribution >= 4 is 11.8 Å². The maximum atomic E-state index is 5.86. The lowest BCUT2D eigenvalue weighted by molar-refractivity contribution is 0.251. The SMILES string of the molecule is C=CCC[C@@]1(CC=C)N=C(OCC)[C@@H](C(C)C)N=C1OCC. The third kappa shape index (κ3) is 4.21. The Morgan fingerprint density at radius 1 is 1.18 bits per heavy atom. The van der Waals surface area contributed by atoms with Gasteiger partial charge in [0.2, 0.25) is 11.8 Å². The quantitative estimate of drug-likeness (QED) is 0.631. The van der Waals surface area contributed by atoms with Gasteiger partial charge in [0.25, 0.3) is 0 Å². The fourth-order valence-electron chi connectivity index (χ4n) is 2.61. The average Bonchev–Trinajstić information content (AvgIpc) is 2.48. The molecule has 1 rings (SSSR count). The molecule has 1 aliphatic rings. The zero-order valence-electron chi connectivity index (χ0n) is 14.5. The van der Waals surface area contributed by atoms with Gasteiger partial charge in [-0.3, -0.25) is 0 Å². The third-order valence-electron chi connectivity index (χ3n) is 3.68. The van der Waals surface area contributed by atoms with E-state index in [9.17, 15) is 0 Å². The molecule has 0 aromatic heterocycles.